The van der Waals surface area contributed by atoms with E-state index in [0.717, 1.165) is 19.3 Å². The standard InChI is InChI=1S/C7H15NO2.CH4O3S/c1-10-7(9)5-3-2-4-6-8;1-5(2,3)4/h2-6,8H2,1H3;1H3,(H,2,3,4). The molecule has 0 aliphatic rings. The van der Waals surface area contributed by atoms with E-state index < -0.39 is 10.1 Å². The highest BCUT2D eigenvalue weighted by molar-refractivity contribution is 7.85. The first-order chi connectivity index (χ1) is 6.81. The van der Waals surface area contributed by atoms with Crippen LogP contribution in [-0.4, -0.2) is 38.9 Å². The van der Waals surface area contributed by atoms with Crippen LogP contribution in [0.3, 0.4) is 0 Å². The Balaban J connectivity index is 0. The fraction of sp³-hybridized carbons (Fsp3) is 0.875. The van der Waals surface area contributed by atoms with Crippen molar-refractivity contribution in [3.63, 3.8) is 0 Å². The van der Waals surface area contributed by atoms with E-state index in [-0.39, 0.29) is 5.97 Å². The summed E-state index contributed by atoms with van der Waals surface area (Å²) in [7, 11) is -2.26. The summed E-state index contributed by atoms with van der Waals surface area (Å²) < 4.78 is 30.3. The maximum Gasteiger partial charge on any atom is 0.305 e. The Morgan fingerprint density at radius 3 is 2.13 bits per heavy atom. The van der Waals surface area contributed by atoms with Crippen molar-refractivity contribution in [3.8, 4) is 0 Å². The average molecular weight is 241 g/mol. The zero-order chi connectivity index (χ0) is 12.3. The van der Waals surface area contributed by atoms with Crippen molar-refractivity contribution in [1.29, 1.82) is 0 Å². The van der Waals surface area contributed by atoms with E-state index in [4.69, 9.17) is 10.3 Å². The third kappa shape index (κ3) is 31.8. The Labute approximate surface area is 90.5 Å². The number of esters is 1. The summed E-state index contributed by atoms with van der Waals surface area (Å²) in [4.78, 5) is 10.5. The number of methoxy groups -OCH3 is 1. The molecule has 0 spiro atoms. The van der Waals surface area contributed by atoms with Gasteiger partial charge in [-0.05, 0) is 19.4 Å². The number of nitrogens with two attached hydrogens (primary N) is 1. The van der Waals surface area contributed by atoms with Gasteiger partial charge in [0.05, 0.1) is 13.4 Å². The zero-order valence-corrected chi connectivity index (χ0v) is 9.92. The predicted octanol–water partition coefficient (Wildman–Crippen LogP) is 0.183. The van der Waals surface area contributed by atoms with Gasteiger partial charge < -0.3 is 10.5 Å². The molecule has 6 nitrogen and oxygen atoms in total. The van der Waals surface area contributed by atoms with Crippen LogP contribution in [0.5, 0.6) is 0 Å². The van der Waals surface area contributed by atoms with Crippen LogP contribution < -0.4 is 5.73 Å². The summed E-state index contributed by atoms with van der Waals surface area (Å²) in [6.07, 6.45) is 4.15. The highest BCUT2D eigenvalue weighted by Crippen LogP contribution is 1.98. The molecule has 15 heavy (non-hydrogen) atoms. The summed E-state index contributed by atoms with van der Waals surface area (Å²) in [6.45, 7) is 0.709. The maximum absolute atomic E-state index is 10.5. The summed E-state index contributed by atoms with van der Waals surface area (Å²) >= 11 is 0. The van der Waals surface area contributed by atoms with Crippen molar-refractivity contribution < 1.29 is 22.5 Å². The summed E-state index contributed by atoms with van der Waals surface area (Å²) in [5.74, 6) is -0.128. The highest BCUT2D eigenvalue weighted by Gasteiger charge is 1.97. The minimum Gasteiger partial charge on any atom is -0.469 e. The molecule has 0 aromatic heterocycles. The van der Waals surface area contributed by atoms with Gasteiger partial charge >= 0.3 is 5.97 Å². The molecule has 3 N–H and O–H groups in total. The molecule has 0 unspecified atom stereocenters. The molecule has 0 aliphatic carbocycles. The molecule has 0 fully saturated rings. The minimum atomic E-state index is -3.67. The van der Waals surface area contributed by atoms with Gasteiger partial charge in [0.1, 0.15) is 0 Å². The van der Waals surface area contributed by atoms with E-state index in [1.807, 2.05) is 0 Å². The van der Waals surface area contributed by atoms with Crippen molar-refractivity contribution >= 4 is 16.1 Å². The number of hydrogen-bond donors (Lipinski definition) is 2. The first kappa shape index (κ1) is 16.8. The number of ether oxygens (including phenoxy) is 1. The van der Waals surface area contributed by atoms with Gasteiger partial charge in [-0.3, -0.25) is 9.35 Å². The van der Waals surface area contributed by atoms with Crippen LogP contribution in [0.15, 0.2) is 0 Å². The van der Waals surface area contributed by atoms with Gasteiger partial charge in [0.25, 0.3) is 10.1 Å². The third-order valence-electron chi connectivity index (χ3n) is 1.31. The molecular formula is C8H19NO5S. The number of rotatable bonds is 5. The van der Waals surface area contributed by atoms with Gasteiger partial charge in [-0.1, -0.05) is 6.42 Å². The molecule has 0 radical (unpaired) electrons. The van der Waals surface area contributed by atoms with Crippen LogP contribution in [0.1, 0.15) is 25.7 Å². The Morgan fingerprint density at radius 2 is 1.80 bits per heavy atom. The van der Waals surface area contributed by atoms with Gasteiger partial charge in [-0.2, -0.15) is 8.42 Å². The molecular weight excluding hydrogens is 222 g/mol. The van der Waals surface area contributed by atoms with Crippen LogP contribution in [-0.2, 0) is 19.6 Å². The maximum atomic E-state index is 10.5. The van der Waals surface area contributed by atoms with E-state index in [1.165, 1.54) is 7.11 Å². The molecule has 0 amide bonds. The Morgan fingerprint density at radius 1 is 1.33 bits per heavy atom. The SMILES string of the molecule is COC(=O)CCCCCN.CS(=O)(=O)O. The van der Waals surface area contributed by atoms with Gasteiger partial charge in [0.15, 0.2) is 0 Å². The van der Waals surface area contributed by atoms with E-state index in [2.05, 4.69) is 4.74 Å². The fourth-order valence-corrected chi connectivity index (χ4v) is 0.693. The second kappa shape index (κ2) is 9.88. The van der Waals surface area contributed by atoms with Crippen molar-refractivity contribution in [2.45, 2.75) is 25.7 Å². The predicted molar refractivity (Wildman–Crippen MR) is 57.0 cm³/mol. The van der Waals surface area contributed by atoms with Crippen molar-refractivity contribution in [1.82, 2.24) is 0 Å². The second-order valence-corrected chi connectivity index (χ2v) is 4.37. The zero-order valence-electron chi connectivity index (χ0n) is 9.10. The second-order valence-electron chi connectivity index (χ2n) is 2.91. The van der Waals surface area contributed by atoms with Crippen LogP contribution in [0, 0.1) is 0 Å². The Kier molecular flexibility index (Phi) is 11.0. The largest absolute Gasteiger partial charge is 0.469 e. The third-order valence-corrected chi connectivity index (χ3v) is 1.31. The van der Waals surface area contributed by atoms with Crippen molar-refractivity contribution in [3.05, 3.63) is 0 Å². The van der Waals surface area contributed by atoms with E-state index in [9.17, 15) is 13.2 Å². The van der Waals surface area contributed by atoms with Crippen LogP contribution in [0.25, 0.3) is 0 Å². The van der Waals surface area contributed by atoms with Crippen LogP contribution >= 0.6 is 0 Å². The Bertz CT molecular complexity index is 242. The normalized spacial score (nSPS) is 10.1. The molecule has 92 valence electrons. The lowest BCUT2D eigenvalue weighted by molar-refractivity contribution is -0.140. The van der Waals surface area contributed by atoms with Crippen LogP contribution in [0.2, 0.25) is 0 Å². The lowest BCUT2D eigenvalue weighted by atomic mass is 10.2. The highest BCUT2D eigenvalue weighted by atomic mass is 32.2. The monoisotopic (exact) mass is 241 g/mol. The van der Waals surface area contributed by atoms with Crippen LogP contribution in [0.4, 0.5) is 0 Å². The molecule has 7 heteroatoms. The average Bonchev–Trinajstić information content (AvgIpc) is 2.09. The van der Waals surface area contributed by atoms with E-state index >= 15 is 0 Å². The van der Waals surface area contributed by atoms with E-state index in [0.29, 0.717) is 19.2 Å². The first-order valence-electron chi connectivity index (χ1n) is 4.50. The molecule has 0 atom stereocenters. The summed E-state index contributed by atoms with van der Waals surface area (Å²) in [6, 6.07) is 0. The summed E-state index contributed by atoms with van der Waals surface area (Å²) in [5, 5.41) is 0. The molecule has 0 bridgehead atoms. The number of carbonyl (C=O) groups is 1. The van der Waals surface area contributed by atoms with Gasteiger partial charge in [0.2, 0.25) is 0 Å². The molecule has 0 aliphatic heterocycles. The van der Waals surface area contributed by atoms with Crippen molar-refractivity contribution in [2.24, 2.45) is 5.73 Å². The first-order valence-corrected chi connectivity index (χ1v) is 6.35. The van der Waals surface area contributed by atoms with Gasteiger partial charge in [-0.15, -0.1) is 0 Å². The quantitative estimate of drug-likeness (QED) is 0.404. The fourth-order valence-electron chi connectivity index (χ4n) is 0.693. The number of hydrogen-bond acceptors (Lipinski definition) is 5. The lowest BCUT2D eigenvalue weighted by Crippen LogP contribution is -2.01. The molecule has 0 saturated heterocycles. The molecule has 0 rings (SSSR count). The Hall–Kier alpha value is -0.660. The topological polar surface area (TPSA) is 107 Å². The molecule has 0 saturated carbocycles. The molecule has 0 aromatic rings. The number of carbonyl (C=O) groups excluding carboxylic acids is 1. The van der Waals surface area contributed by atoms with Gasteiger partial charge in [-0.25, -0.2) is 0 Å². The van der Waals surface area contributed by atoms with Crippen molar-refractivity contribution in [2.75, 3.05) is 19.9 Å². The van der Waals surface area contributed by atoms with E-state index in [1.54, 1.807) is 0 Å². The minimum absolute atomic E-state index is 0.128. The lowest BCUT2D eigenvalue weighted by Gasteiger charge is -1.97. The molecule has 0 aromatic carbocycles. The van der Waals surface area contributed by atoms with Gasteiger partial charge in [0, 0.05) is 6.42 Å². The smallest absolute Gasteiger partial charge is 0.305 e. The number of unbranched alkanes of at least 4 members (excludes halogenated alkanes) is 2. The summed E-state index contributed by atoms with van der Waals surface area (Å²) in [5.41, 5.74) is 5.26. The molecule has 0 heterocycles.